The molecule has 0 aliphatic rings. The number of aromatic nitrogens is 2. The number of non-ortho nitro benzene ring substituents is 1. The van der Waals surface area contributed by atoms with Crippen LogP contribution in [-0.4, -0.2) is 26.6 Å². The molecule has 0 aliphatic carbocycles. The minimum absolute atomic E-state index is 0.00120. The number of nitrogens with zero attached hydrogens (tertiary/aromatic N) is 2. The standard InChI is InChI=1S/C16H12F2N4O3S/c1-8-4-9(22(24)25)2-3-12(8)19-15(23)7-26-16-20-13-5-10(17)11(18)6-14(13)21-16/h2-6H,7H2,1H3,(H,19,23)(H,20,21). The predicted octanol–water partition coefficient (Wildman–Crippen LogP) is 3.79. The third-order valence-electron chi connectivity index (χ3n) is 3.54. The fourth-order valence-electron chi connectivity index (χ4n) is 2.27. The lowest BCUT2D eigenvalue weighted by Crippen LogP contribution is -2.15. The van der Waals surface area contributed by atoms with E-state index in [-0.39, 0.29) is 22.9 Å². The van der Waals surface area contributed by atoms with Crippen LogP contribution < -0.4 is 5.32 Å². The van der Waals surface area contributed by atoms with Gasteiger partial charge in [0.25, 0.3) is 5.69 Å². The molecular weight excluding hydrogens is 366 g/mol. The number of carbonyl (C=O) groups is 1. The zero-order chi connectivity index (χ0) is 18.8. The second-order valence-corrected chi connectivity index (χ2v) is 6.38. The molecule has 3 rings (SSSR count). The van der Waals surface area contributed by atoms with Crippen molar-refractivity contribution in [3.63, 3.8) is 0 Å². The number of aromatic amines is 1. The maximum atomic E-state index is 13.2. The average molecular weight is 378 g/mol. The van der Waals surface area contributed by atoms with Gasteiger partial charge in [-0.15, -0.1) is 0 Å². The van der Waals surface area contributed by atoms with Crippen LogP contribution in [0, 0.1) is 28.7 Å². The van der Waals surface area contributed by atoms with Crippen molar-refractivity contribution in [2.75, 3.05) is 11.1 Å². The van der Waals surface area contributed by atoms with E-state index in [4.69, 9.17) is 0 Å². The molecule has 0 fully saturated rings. The molecule has 10 heteroatoms. The number of carbonyl (C=O) groups excluding carboxylic acids is 1. The van der Waals surface area contributed by atoms with E-state index in [2.05, 4.69) is 15.3 Å². The minimum atomic E-state index is -0.994. The van der Waals surface area contributed by atoms with E-state index in [9.17, 15) is 23.7 Å². The Labute approximate surface area is 150 Å². The molecule has 1 heterocycles. The number of imidazole rings is 1. The highest BCUT2D eigenvalue weighted by molar-refractivity contribution is 7.99. The van der Waals surface area contributed by atoms with Crippen molar-refractivity contribution in [2.24, 2.45) is 0 Å². The maximum Gasteiger partial charge on any atom is 0.269 e. The van der Waals surface area contributed by atoms with Gasteiger partial charge in [0.15, 0.2) is 16.8 Å². The fraction of sp³-hybridized carbons (Fsp3) is 0.125. The highest BCUT2D eigenvalue weighted by atomic mass is 32.2. The summed E-state index contributed by atoms with van der Waals surface area (Å²) in [6, 6.07) is 6.11. The first kappa shape index (κ1) is 17.8. The quantitative estimate of drug-likeness (QED) is 0.400. The van der Waals surface area contributed by atoms with Crippen molar-refractivity contribution < 1.29 is 18.5 Å². The van der Waals surface area contributed by atoms with Crippen LogP contribution in [0.4, 0.5) is 20.2 Å². The van der Waals surface area contributed by atoms with E-state index in [1.807, 2.05) is 0 Å². The second-order valence-electron chi connectivity index (χ2n) is 5.42. The van der Waals surface area contributed by atoms with Crippen LogP contribution in [-0.2, 0) is 4.79 Å². The summed E-state index contributed by atoms with van der Waals surface area (Å²) in [7, 11) is 0. The number of hydrogen-bond donors (Lipinski definition) is 2. The third-order valence-corrected chi connectivity index (χ3v) is 4.41. The van der Waals surface area contributed by atoms with Crippen LogP contribution in [0.5, 0.6) is 0 Å². The van der Waals surface area contributed by atoms with Gasteiger partial charge in [-0.25, -0.2) is 13.8 Å². The molecule has 0 saturated heterocycles. The van der Waals surface area contributed by atoms with Crippen molar-refractivity contribution in [1.29, 1.82) is 0 Å². The van der Waals surface area contributed by atoms with Crippen LogP contribution >= 0.6 is 11.8 Å². The molecule has 2 aromatic carbocycles. The number of nitrogens with one attached hydrogen (secondary N) is 2. The van der Waals surface area contributed by atoms with E-state index < -0.39 is 16.6 Å². The van der Waals surface area contributed by atoms with Gasteiger partial charge in [-0.3, -0.25) is 14.9 Å². The fourth-order valence-corrected chi connectivity index (χ4v) is 2.96. The molecule has 3 aromatic rings. The number of anilines is 1. The second kappa shape index (κ2) is 7.08. The number of aryl methyl sites for hydroxylation is 1. The smallest absolute Gasteiger partial charge is 0.269 e. The Morgan fingerprint density at radius 2 is 2.04 bits per heavy atom. The van der Waals surface area contributed by atoms with Crippen molar-refractivity contribution in [3.8, 4) is 0 Å². The average Bonchev–Trinajstić information content (AvgIpc) is 2.96. The molecule has 0 unspecified atom stereocenters. The highest BCUT2D eigenvalue weighted by Gasteiger charge is 2.13. The molecule has 0 spiro atoms. The Kier molecular flexibility index (Phi) is 4.85. The summed E-state index contributed by atoms with van der Waals surface area (Å²) in [4.78, 5) is 29.2. The van der Waals surface area contributed by atoms with Gasteiger partial charge in [-0.05, 0) is 18.6 Å². The number of nitro benzene ring substituents is 1. The van der Waals surface area contributed by atoms with Crippen LogP contribution in [0.15, 0.2) is 35.5 Å². The Morgan fingerprint density at radius 3 is 2.73 bits per heavy atom. The van der Waals surface area contributed by atoms with Crippen molar-refractivity contribution in [2.45, 2.75) is 12.1 Å². The van der Waals surface area contributed by atoms with Crippen LogP contribution in [0.2, 0.25) is 0 Å². The Bertz CT molecular complexity index is 983. The van der Waals surface area contributed by atoms with Gasteiger partial charge in [0.2, 0.25) is 5.91 Å². The van der Waals surface area contributed by atoms with Crippen LogP contribution in [0.3, 0.4) is 0 Å². The lowest BCUT2D eigenvalue weighted by atomic mass is 10.2. The summed E-state index contributed by atoms with van der Waals surface area (Å²) in [5.41, 5.74) is 1.56. The molecule has 0 aliphatic heterocycles. The molecule has 0 saturated carbocycles. The summed E-state index contributed by atoms with van der Waals surface area (Å²) in [5, 5.41) is 13.7. The lowest BCUT2D eigenvalue weighted by molar-refractivity contribution is -0.384. The molecule has 0 bridgehead atoms. The van der Waals surface area contributed by atoms with E-state index >= 15 is 0 Å². The number of benzene rings is 2. The van der Waals surface area contributed by atoms with Crippen molar-refractivity contribution in [1.82, 2.24) is 9.97 Å². The van der Waals surface area contributed by atoms with Gasteiger partial charge in [0.1, 0.15) is 0 Å². The minimum Gasteiger partial charge on any atom is -0.333 e. The molecule has 1 amide bonds. The Balaban J connectivity index is 1.65. The van der Waals surface area contributed by atoms with Gasteiger partial charge in [0.05, 0.1) is 21.7 Å². The normalized spacial score (nSPS) is 10.9. The first-order valence-electron chi connectivity index (χ1n) is 7.36. The number of H-pyrrole nitrogens is 1. The number of amides is 1. The van der Waals surface area contributed by atoms with Crippen molar-refractivity contribution in [3.05, 3.63) is 57.6 Å². The summed E-state index contributed by atoms with van der Waals surface area (Å²) in [6.07, 6.45) is 0. The van der Waals surface area contributed by atoms with Gasteiger partial charge in [-0.1, -0.05) is 11.8 Å². The summed E-state index contributed by atoms with van der Waals surface area (Å²) < 4.78 is 26.4. The highest BCUT2D eigenvalue weighted by Crippen LogP contribution is 2.23. The number of nitro groups is 1. The molecular formula is C16H12F2N4O3S. The van der Waals surface area contributed by atoms with Crippen LogP contribution in [0.1, 0.15) is 5.56 Å². The van der Waals surface area contributed by atoms with Gasteiger partial charge >= 0.3 is 0 Å². The molecule has 0 atom stereocenters. The van der Waals surface area contributed by atoms with E-state index in [0.717, 1.165) is 23.9 Å². The van der Waals surface area contributed by atoms with Crippen molar-refractivity contribution >= 4 is 40.1 Å². The number of hydrogen-bond acceptors (Lipinski definition) is 5. The van der Waals surface area contributed by atoms with Gasteiger partial charge < -0.3 is 10.3 Å². The summed E-state index contributed by atoms with van der Waals surface area (Å²) in [5.74, 6) is -2.32. The zero-order valence-corrected chi connectivity index (χ0v) is 14.2. The van der Waals surface area contributed by atoms with Gasteiger partial charge in [-0.2, -0.15) is 0 Å². The molecule has 0 radical (unpaired) electrons. The van der Waals surface area contributed by atoms with E-state index in [1.54, 1.807) is 6.92 Å². The van der Waals surface area contributed by atoms with Gasteiger partial charge in [0, 0.05) is 30.0 Å². The first-order chi connectivity index (χ1) is 12.3. The zero-order valence-electron chi connectivity index (χ0n) is 13.4. The summed E-state index contributed by atoms with van der Waals surface area (Å²) >= 11 is 1.07. The lowest BCUT2D eigenvalue weighted by Gasteiger charge is -2.07. The maximum absolute atomic E-state index is 13.2. The number of rotatable bonds is 5. The third kappa shape index (κ3) is 3.80. The van der Waals surface area contributed by atoms with Crippen LogP contribution in [0.25, 0.3) is 11.0 Å². The molecule has 2 N–H and O–H groups in total. The monoisotopic (exact) mass is 378 g/mol. The number of fused-ring (bicyclic) bond motifs is 1. The Morgan fingerprint density at radius 1 is 1.31 bits per heavy atom. The molecule has 134 valence electrons. The Hall–Kier alpha value is -3.01. The number of halogens is 2. The summed E-state index contributed by atoms with van der Waals surface area (Å²) in [6.45, 7) is 1.65. The SMILES string of the molecule is Cc1cc([N+](=O)[O-])ccc1NC(=O)CSc1nc2cc(F)c(F)cc2[nH]1. The number of thioether (sulfide) groups is 1. The molecule has 7 nitrogen and oxygen atoms in total. The first-order valence-corrected chi connectivity index (χ1v) is 8.34. The largest absolute Gasteiger partial charge is 0.333 e. The molecule has 26 heavy (non-hydrogen) atoms. The topological polar surface area (TPSA) is 101 Å². The van der Waals surface area contributed by atoms with E-state index in [1.165, 1.54) is 18.2 Å². The molecule has 1 aromatic heterocycles. The van der Waals surface area contributed by atoms with E-state index in [0.29, 0.717) is 21.9 Å². The predicted molar refractivity (Wildman–Crippen MR) is 93.2 cm³/mol.